The van der Waals surface area contributed by atoms with Gasteiger partial charge in [-0.25, -0.2) is 9.78 Å². The molecule has 22 heavy (non-hydrogen) atoms. The monoisotopic (exact) mass is 317 g/mol. The number of nitrogens with one attached hydrogen (secondary N) is 1. The summed E-state index contributed by atoms with van der Waals surface area (Å²) in [7, 11) is 1.78. The van der Waals surface area contributed by atoms with E-state index in [9.17, 15) is 4.79 Å². The zero-order chi connectivity index (χ0) is 15.5. The zero-order valence-corrected chi connectivity index (χ0v) is 13.5. The fourth-order valence-electron chi connectivity index (χ4n) is 2.40. The molecule has 1 aromatic heterocycles. The number of aromatic nitrogens is 1. The van der Waals surface area contributed by atoms with Crippen LogP contribution in [0.3, 0.4) is 0 Å². The molecule has 1 unspecified atom stereocenters. The third-order valence-electron chi connectivity index (χ3n) is 3.67. The van der Waals surface area contributed by atoms with Crippen LogP contribution in [-0.2, 0) is 13.0 Å². The predicted octanol–water partition coefficient (Wildman–Crippen LogP) is 2.98. The normalized spacial score (nSPS) is 16.0. The van der Waals surface area contributed by atoms with Gasteiger partial charge in [0.25, 0.3) is 0 Å². The number of hydrogen-bond donors (Lipinski definition) is 1. The number of hydrogen-bond acceptors (Lipinski definition) is 4. The molecule has 0 saturated heterocycles. The highest BCUT2D eigenvalue weighted by Crippen LogP contribution is 2.31. The van der Waals surface area contributed by atoms with Crippen LogP contribution in [0, 0.1) is 0 Å². The van der Waals surface area contributed by atoms with Crippen LogP contribution in [0.5, 0.6) is 5.75 Å². The fourth-order valence-corrected chi connectivity index (χ4v) is 3.32. The smallest absolute Gasteiger partial charge is 0.318 e. The van der Waals surface area contributed by atoms with E-state index in [0.717, 1.165) is 22.7 Å². The Morgan fingerprint density at radius 2 is 2.32 bits per heavy atom. The number of aryl methyl sites for hydroxylation is 1. The molecular weight excluding hydrogens is 298 g/mol. The fraction of sp³-hybridized carbons (Fsp3) is 0.375. The molecule has 116 valence electrons. The quantitative estimate of drug-likeness (QED) is 0.943. The highest BCUT2D eigenvalue weighted by atomic mass is 32.1. The molecule has 0 saturated carbocycles. The molecule has 2 heterocycles. The van der Waals surface area contributed by atoms with Gasteiger partial charge < -0.3 is 15.0 Å². The van der Waals surface area contributed by atoms with Crippen LogP contribution in [-0.4, -0.2) is 29.6 Å². The molecule has 0 fully saturated rings. The second-order valence-corrected chi connectivity index (χ2v) is 6.48. The molecular formula is C16H19N3O2S. The minimum atomic E-state index is -0.112. The Morgan fingerprint density at radius 3 is 3.09 bits per heavy atom. The van der Waals surface area contributed by atoms with Crippen LogP contribution < -0.4 is 10.1 Å². The summed E-state index contributed by atoms with van der Waals surface area (Å²) in [5, 5.41) is 3.97. The Labute approximate surface area is 133 Å². The van der Waals surface area contributed by atoms with Crippen molar-refractivity contribution in [3.05, 3.63) is 45.9 Å². The summed E-state index contributed by atoms with van der Waals surface area (Å²) in [5.41, 5.74) is 1.03. The number of urea groups is 1. The minimum absolute atomic E-state index is 0.0892. The summed E-state index contributed by atoms with van der Waals surface area (Å²) >= 11 is 1.65. The number of carbonyl (C=O) groups is 1. The summed E-state index contributed by atoms with van der Waals surface area (Å²) in [6, 6.07) is 7.60. The molecule has 0 spiro atoms. The van der Waals surface area contributed by atoms with Crippen LogP contribution in [0.2, 0.25) is 0 Å². The van der Waals surface area contributed by atoms with Gasteiger partial charge in [0, 0.05) is 23.7 Å². The van der Waals surface area contributed by atoms with Gasteiger partial charge in [-0.2, -0.15) is 0 Å². The van der Waals surface area contributed by atoms with Gasteiger partial charge in [-0.3, -0.25) is 0 Å². The maximum absolute atomic E-state index is 12.3. The lowest BCUT2D eigenvalue weighted by atomic mass is 10.1. The van der Waals surface area contributed by atoms with Crippen molar-refractivity contribution in [3.63, 3.8) is 0 Å². The molecule has 1 N–H and O–H groups in total. The van der Waals surface area contributed by atoms with Gasteiger partial charge in [-0.15, -0.1) is 11.3 Å². The van der Waals surface area contributed by atoms with E-state index in [4.69, 9.17) is 4.74 Å². The van der Waals surface area contributed by atoms with E-state index in [0.29, 0.717) is 13.2 Å². The van der Waals surface area contributed by atoms with Gasteiger partial charge in [0.15, 0.2) is 0 Å². The number of amides is 2. The summed E-state index contributed by atoms with van der Waals surface area (Å²) in [4.78, 5) is 19.6. The lowest BCUT2D eigenvalue weighted by Gasteiger charge is -2.19. The first-order valence-corrected chi connectivity index (χ1v) is 8.16. The number of fused-ring (bicyclic) bond motifs is 1. The lowest BCUT2D eigenvalue weighted by molar-refractivity contribution is 0.199. The molecule has 2 amide bonds. The Balaban J connectivity index is 1.60. The molecule has 1 atom stereocenters. The number of ether oxygens (including phenoxy) is 1. The molecule has 1 aliphatic heterocycles. The Hall–Kier alpha value is -2.08. The van der Waals surface area contributed by atoms with Crippen LogP contribution in [0.15, 0.2) is 30.5 Å². The highest BCUT2D eigenvalue weighted by molar-refractivity contribution is 7.11. The first kappa shape index (κ1) is 14.8. The van der Waals surface area contributed by atoms with E-state index in [1.165, 1.54) is 4.88 Å². The molecule has 1 aliphatic rings. The number of para-hydroxylation sites is 1. The number of benzene rings is 1. The van der Waals surface area contributed by atoms with Crippen molar-refractivity contribution < 1.29 is 9.53 Å². The minimum Gasteiger partial charge on any atom is -0.491 e. The van der Waals surface area contributed by atoms with Crippen molar-refractivity contribution in [2.75, 3.05) is 13.7 Å². The SMILES string of the molecule is CCc1cnc(CN(C)C(=O)NC2COc3ccccc32)s1. The van der Waals surface area contributed by atoms with Crippen LogP contribution in [0.1, 0.15) is 28.4 Å². The predicted molar refractivity (Wildman–Crippen MR) is 86.2 cm³/mol. The summed E-state index contributed by atoms with van der Waals surface area (Å²) in [6.45, 7) is 3.10. The second kappa shape index (κ2) is 6.36. The van der Waals surface area contributed by atoms with Crippen molar-refractivity contribution in [1.82, 2.24) is 15.2 Å². The van der Waals surface area contributed by atoms with Gasteiger partial charge >= 0.3 is 6.03 Å². The Kier molecular flexibility index (Phi) is 4.29. The molecule has 0 bridgehead atoms. The van der Waals surface area contributed by atoms with Crippen LogP contribution in [0.25, 0.3) is 0 Å². The molecule has 6 heteroatoms. The molecule has 2 aromatic rings. The van der Waals surface area contributed by atoms with Crippen molar-refractivity contribution in [2.24, 2.45) is 0 Å². The summed E-state index contributed by atoms with van der Waals surface area (Å²) < 4.78 is 5.58. The van der Waals surface area contributed by atoms with Gasteiger partial charge in [0.1, 0.15) is 17.4 Å². The standard InChI is InChI=1S/C16H19N3O2S/c1-3-11-8-17-15(22-11)9-19(2)16(20)18-13-10-21-14-7-5-4-6-12(13)14/h4-8,13H,3,9-10H2,1-2H3,(H,18,20). The molecule has 3 rings (SSSR count). The van der Waals surface area contributed by atoms with Crippen molar-refractivity contribution in [3.8, 4) is 5.75 Å². The van der Waals surface area contributed by atoms with E-state index in [1.807, 2.05) is 30.5 Å². The maximum Gasteiger partial charge on any atom is 0.318 e. The van der Waals surface area contributed by atoms with Gasteiger partial charge in [-0.05, 0) is 12.5 Å². The average Bonchev–Trinajstić information content (AvgIpc) is 3.14. The average molecular weight is 317 g/mol. The van der Waals surface area contributed by atoms with Gasteiger partial charge in [0.05, 0.1) is 12.6 Å². The number of thiazole rings is 1. The number of carbonyl (C=O) groups excluding carboxylic acids is 1. The summed E-state index contributed by atoms with van der Waals surface area (Å²) in [6.07, 6.45) is 2.86. The first-order chi connectivity index (χ1) is 10.7. The number of rotatable bonds is 4. The maximum atomic E-state index is 12.3. The molecule has 1 aromatic carbocycles. The molecule has 0 aliphatic carbocycles. The Morgan fingerprint density at radius 1 is 1.50 bits per heavy atom. The van der Waals surface area contributed by atoms with E-state index < -0.39 is 0 Å². The third kappa shape index (κ3) is 3.06. The van der Waals surface area contributed by atoms with E-state index in [-0.39, 0.29) is 12.1 Å². The lowest BCUT2D eigenvalue weighted by Crippen LogP contribution is -2.39. The van der Waals surface area contributed by atoms with E-state index in [2.05, 4.69) is 17.2 Å². The van der Waals surface area contributed by atoms with Gasteiger partial charge in [-0.1, -0.05) is 25.1 Å². The van der Waals surface area contributed by atoms with Crippen LogP contribution >= 0.6 is 11.3 Å². The molecule has 0 radical (unpaired) electrons. The topological polar surface area (TPSA) is 54.5 Å². The first-order valence-electron chi connectivity index (χ1n) is 7.34. The Bertz CT molecular complexity index is 671. The zero-order valence-electron chi connectivity index (χ0n) is 12.7. The largest absolute Gasteiger partial charge is 0.491 e. The van der Waals surface area contributed by atoms with Crippen molar-refractivity contribution in [2.45, 2.75) is 25.9 Å². The summed E-state index contributed by atoms with van der Waals surface area (Å²) in [5.74, 6) is 0.850. The van der Waals surface area contributed by atoms with Crippen molar-refractivity contribution in [1.29, 1.82) is 0 Å². The van der Waals surface area contributed by atoms with E-state index in [1.54, 1.807) is 23.3 Å². The second-order valence-electron chi connectivity index (χ2n) is 5.28. The highest BCUT2D eigenvalue weighted by Gasteiger charge is 2.26. The van der Waals surface area contributed by atoms with Gasteiger partial charge in [0.2, 0.25) is 0 Å². The number of nitrogens with zero attached hydrogens (tertiary/aromatic N) is 2. The third-order valence-corrected chi connectivity index (χ3v) is 4.79. The van der Waals surface area contributed by atoms with E-state index >= 15 is 0 Å². The van der Waals surface area contributed by atoms with Crippen LogP contribution in [0.4, 0.5) is 4.79 Å². The van der Waals surface area contributed by atoms with Crippen molar-refractivity contribution >= 4 is 17.4 Å². The molecule has 5 nitrogen and oxygen atoms in total.